The number of halogens is 4. The maximum atomic E-state index is 13.3. The molecule has 0 spiro atoms. The summed E-state index contributed by atoms with van der Waals surface area (Å²) in [6, 6.07) is 7.68. The zero-order chi connectivity index (χ0) is 28.1. The van der Waals surface area contributed by atoms with Crippen LogP contribution < -0.4 is 19.9 Å². The van der Waals surface area contributed by atoms with Gasteiger partial charge in [0.2, 0.25) is 5.91 Å². The number of benzene rings is 1. The van der Waals surface area contributed by atoms with E-state index in [1.807, 2.05) is 0 Å². The van der Waals surface area contributed by atoms with E-state index in [1.54, 1.807) is 6.07 Å². The molecule has 0 radical (unpaired) electrons. The highest BCUT2D eigenvalue weighted by molar-refractivity contribution is 6.76. The van der Waals surface area contributed by atoms with Gasteiger partial charge in [0.05, 0.1) is 18.3 Å². The van der Waals surface area contributed by atoms with Gasteiger partial charge in [0.15, 0.2) is 5.82 Å². The number of nitrogens with one attached hydrogen (secondary N) is 1. The first kappa shape index (κ1) is 29.7. The first-order chi connectivity index (χ1) is 17.8. The van der Waals surface area contributed by atoms with Gasteiger partial charge in [0.25, 0.3) is 0 Å². The summed E-state index contributed by atoms with van der Waals surface area (Å²) in [6.07, 6.45) is -4.82. The van der Waals surface area contributed by atoms with E-state index in [0.29, 0.717) is 17.9 Å². The van der Waals surface area contributed by atoms with Crippen molar-refractivity contribution in [3.8, 4) is 5.75 Å². The maximum Gasteiger partial charge on any atom is 0.573 e. The van der Waals surface area contributed by atoms with Crippen molar-refractivity contribution < 1.29 is 37.0 Å². The summed E-state index contributed by atoms with van der Waals surface area (Å²) in [5.74, 6) is -0.597. The Morgan fingerprint density at radius 2 is 1.87 bits per heavy atom. The second-order valence-corrected chi connectivity index (χ2v) is 15.8. The topological polar surface area (TPSA) is 93.2 Å². The van der Waals surface area contributed by atoms with Gasteiger partial charge in [-0.3, -0.25) is 14.6 Å². The first-order valence-electron chi connectivity index (χ1n) is 11.7. The van der Waals surface area contributed by atoms with Crippen molar-refractivity contribution in [1.82, 2.24) is 10.3 Å². The van der Waals surface area contributed by atoms with Crippen LogP contribution in [-0.4, -0.2) is 65.0 Å². The molecule has 2 aromatic rings. The fourth-order valence-corrected chi connectivity index (χ4v) is 4.52. The van der Waals surface area contributed by atoms with E-state index in [4.69, 9.17) is 21.1 Å². The molecule has 3 rings (SSSR count). The van der Waals surface area contributed by atoms with Crippen LogP contribution in [0.1, 0.15) is 11.6 Å². The van der Waals surface area contributed by atoms with Crippen molar-refractivity contribution in [2.24, 2.45) is 0 Å². The standard InChI is InChI=1S/C24H30ClF3N4O5Si/c1-35-14-18(16-5-7-17(8-6-16)37-24(26,27)28)29-23(34)31-13-21(33)32(15-36-11-12-38(2,3)4)19-9-10-20(25)30-22(19)31/h5-10,18H,11-15H2,1-4H3,(H,29,34). The number of alkyl halides is 3. The van der Waals surface area contributed by atoms with E-state index in [1.165, 1.54) is 30.2 Å². The Kier molecular flexibility index (Phi) is 9.63. The van der Waals surface area contributed by atoms with Crippen LogP contribution in [0.3, 0.4) is 0 Å². The van der Waals surface area contributed by atoms with Crippen molar-refractivity contribution in [3.05, 3.63) is 47.1 Å². The molecule has 38 heavy (non-hydrogen) atoms. The lowest BCUT2D eigenvalue weighted by Gasteiger charge is -2.35. The Morgan fingerprint density at radius 1 is 1.18 bits per heavy atom. The molecule has 1 aliphatic heterocycles. The Labute approximate surface area is 224 Å². The molecule has 0 fully saturated rings. The van der Waals surface area contributed by atoms with Crippen molar-refractivity contribution in [2.45, 2.75) is 38.1 Å². The number of amides is 3. The van der Waals surface area contributed by atoms with Crippen molar-refractivity contribution in [3.63, 3.8) is 0 Å². The van der Waals surface area contributed by atoms with Gasteiger partial charge in [-0.25, -0.2) is 9.78 Å². The molecule has 1 N–H and O–H groups in total. The summed E-state index contributed by atoms with van der Waals surface area (Å²) in [5, 5.41) is 2.88. The molecule has 0 bridgehead atoms. The highest BCUT2D eigenvalue weighted by Crippen LogP contribution is 2.34. The molecule has 1 atom stereocenters. The summed E-state index contributed by atoms with van der Waals surface area (Å²) in [6.45, 7) is 6.88. The summed E-state index contributed by atoms with van der Waals surface area (Å²) >= 11 is 6.11. The molecular formula is C24H30ClF3N4O5Si. The quantitative estimate of drug-likeness (QED) is 0.238. The van der Waals surface area contributed by atoms with Gasteiger partial charge in [0, 0.05) is 21.8 Å². The van der Waals surface area contributed by atoms with Gasteiger partial charge < -0.3 is 19.5 Å². The van der Waals surface area contributed by atoms with Gasteiger partial charge in [-0.05, 0) is 35.9 Å². The van der Waals surface area contributed by atoms with Gasteiger partial charge in [0.1, 0.15) is 24.2 Å². The lowest BCUT2D eigenvalue weighted by Crippen LogP contribution is -2.53. The van der Waals surface area contributed by atoms with Gasteiger partial charge >= 0.3 is 12.4 Å². The molecule has 3 amide bonds. The molecule has 1 unspecified atom stereocenters. The second-order valence-electron chi connectivity index (χ2n) is 9.81. The number of carbonyl (C=O) groups is 2. The van der Waals surface area contributed by atoms with E-state index < -0.39 is 32.3 Å². The van der Waals surface area contributed by atoms with Crippen LogP contribution in [0.25, 0.3) is 0 Å². The average Bonchev–Trinajstić information content (AvgIpc) is 2.81. The molecule has 1 aromatic heterocycles. The number of fused-ring (bicyclic) bond motifs is 1. The maximum absolute atomic E-state index is 13.3. The summed E-state index contributed by atoms with van der Waals surface area (Å²) < 4.78 is 52.3. The van der Waals surface area contributed by atoms with E-state index in [2.05, 4.69) is 34.7 Å². The van der Waals surface area contributed by atoms with Gasteiger partial charge in [-0.1, -0.05) is 43.4 Å². The monoisotopic (exact) mass is 574 g/mol. The van der Waals surface area contributed by atoms with E-state index in [9.17, 15) is 22.8 Å². The largest absolute Gasteiger partial charge is 0.573 e. The lowest BCUT2D eigenvalue weighted by molar-refractivity contribution is -0.274. The molecular weight excluding hydrogens is 545 g/mol. The van der Waals surface area contributed by atoms with Crippen LogP contribution in [0, 0.1) is 0 Å². The first-order valence-corrected chi connectivity index (χ1v) is 15.8. The number of urea groups is 1. The Bertz CT molecular complexity index is 1130. The summed E-state index contributed by atoms with van der Waals surface area (Å²) in [5.41, 5.74) is 0.834. The Balaban J connectivity index is 1.77. The van der Waals surface area contributed by atoms with E-state index in [-0.39, 0.29) is 36.8 Å². The van der Waals surface area contributed by atoms with Gasteiger partial charge in [-0.15, -0.1) is 13.2 Å². The number of methoxy groups -OCH3 is 1. The third-order valence-electron chi connectivity index (χ3n) is 5.57. The minimum Gasteiger partial charge on any atom is -0.406 e. The smallest absolute Gasteiger partial charge is 0.406 e. The molecule has 9 nitrogen and oxygen atoms in total. The fourth-order valence-electron chi connectivity index (χ4n) is 3.62. The average molecular weight is 575 g/mol. The number of ether oxygens (including phenoxy) is 3. The normalized spacial score (nSPS) is 14.8. The SMILES string of the molecule is COCC(NC(=O)N1CC(=O)N(COCC[Si](C)(C)C)c2ccc(Cl)nc21)c1ccc(OC(F)(F)F)cc1. The van der Waals surface area contributed by atoms with Gasteiger partial charge in [-0.2, -0.15) is 0 Å². The van der Waals surface area contributed by atoms with Crippen LogP contribution >= 0.6 is 11.6 Å². The van der Waals surface area contributed by atoms with Crippen LogP contribution in [0.5, 0.6) is 5.75 Å². The zero-order valence-electron chi connectivity index (χ0n) is 21.5. The predicted octanol–water partition coefficient (Wildman–Crippen LogP) is 5.20. The predicted molar refractivity (Wildman–Crippen MR) is 139 cm³/mol. The number of carbonyl (C=O) groups excluding carboxylic acids is 2. The Hall–Kier alpha value is -2.87. The van der Waals surface area contributed by atoms with Crippen LogP contribution in [0.4, 0.5) is 29.5 Å². The number of rotatable bonds is 10. The zero-order valence-corrected chi connectivity index (χ0v) is 23.2. The fraction of sp³-hybridized carbons (Fsp3) is 0.458. The van der Waals surface area contributed by atoms with Crippen LogP contribution in [-0.2, 0) is 14.3 Å². The number of hydrogen-bond donors (Lipinski definition) is 1. The molecule has 0 aliphatic carbocycles. The molecule has 1 aliphatic rings. The molecule has 14 heteroatoms. The number of pyridine rings is 1. The third-order valence-corrected chi connectivity index (χ3v) is 7.49. The summed E-state index contributed by atoms with van der Waals surface area (Å²) in [4.78, 5) is 33.2. The highest BCUT2D eigenvalue weighted by atomic mass is 35.5. The number of anilines is 2. The molecule has 0 saturated heterocycles. The lowest BCUT2D eigenvalue weighted by atomic mass is 10.1. The molecule has 0 saturated carbocycles. The van der Waals surface area contributed by atoms with Crippen molar-refractivity contribution in [1.29, 1.82) is 0 Å². The Morgan fingerprint density at radius 3 is 2.47 bits per heavy atom. The van der Waals surface area contributed by atoms with E-state index in [0.717, 1.165) is 23.1 Å². The van der Waals surface area contributed by atoms with E-state index >= 15 is 0 Å². The minimum atomic E-state index is -4.82. The molecule has 208 valence electrons. The number of hydrogen-bond acceptors (Lipinski definition) is 6. The highest BCUT2D eigenvalue weighted by Gasteiger charge is 2.35. The number of aromatic nitrogens is 1. The molecule has 1 aromatic carbocycles. The van der Waals surface area contributed by atoms with Crippen molar-refractivity contribution >= 4 is 43.1 Å². The third kappa shape index (κ3) is 8.31. The van der Waals surface area contributed by atoms with Crippen LogP contribution in [0.15, 0.2) is 36.4 Å². The minimum absolute atomic E-state index is 0.00767. The van der Waals surface area contributed by atoms with Crippen molar-refractivity contribution in [2.75, 3.05) is 43.4 Å². The summed E-state index contributed by atoms with van der Waals surface area (Å²) in [7, 11) is 0.101. The number of nitrogens with zero attached hydrogens (tertiary/aromatic N) is 3. The molecule has 2 heterocycles. The van der Waals surface area contributed by atoms with Crippen LogP contribution in [0.2, 0.25) is 30.8 Å². The second kappa shape index (κ2) is 12.3.